The Kier molecular flexibility index (Phi) is 4.47. The fraction of sp³-hybridized carbons (Fsp3) is 0.611. The third-order valence-electron chi connectivity index (χ3n) is 5.04. The van der Waals surface area contributed by atoms with Crippen molar-refractivity contribution in [1.82, 2.24) is 4.90 Å². The first-order valence-corrected chi connectivity index (χ1v) is 8.20. The van der Waals surface area contributed by atoms with Crippen molar-refractivity contribution in [1.29, 1.82) is 0 Å². The monoisotopic (exact) mass is 287 g/mol. The molecule has 1 heterocycles. The number of nitrogens with zero attached hydrogens (tertiary/aromatic N) is 1. The average Bonchev–Trinajstić information content (AvgIpc) is 3.05. The molecule has 1 amide bonds. The molecule has 3 heteroatoms. The van der Waals surface area contributed by atoms with Crippen molar-refractivity contribution < 1.29 is 9.53 Å². The Balaban J connectivity index is 1.60. The molecule has 2 fully saturated rings. The summed E-state index contributed by atoms with van der Waals surface area (Å²) in [6, 6.07) is 8.30. The first kappa shape index (κ1) is 14.4. The summed E-state index contributed by atoms with van der Waals surface area (Å²) in [7, 11) is 1.69. The zero-order valence-corrected chi connectivity index (χ0v) is 12.9. The molecular formula is C18H25NO2. The van der Waals surface area contributed by atoms with E-state index in [9.17, 15) is 4.79 Å². The Morgan fingerprint density at radius 3 is 2.48 bits per heavy atom. The maximum absolute atomic E-state index is 12.6. The Morgan fingerprint density at radius 1 is 1.10 bits per heavy atom. The molecule has 0 aromatic heterocycles. The minimum Gasteiger partial charge on any atom is -0.497 e. The molecule has 0 bridgehead atoms. The molecule has 114 valence electrons. The van der Waals surface area contributed by atoms with Crippen LogP contribution in [0.25, 0.3) is 0 Å². The van der Waals surface area contributed by atoms with Crippen molar-refractivity contribution in [2.75, 3.05) is 20.2 Å². The predicted octanol–water partition coefficient (Wildman–Crippen LogP) is 3.59. The van der Waals surface area contributed by atoms with E-state index in [2.05, 4.69) is 17.0 Å². The number of methoxy groups -OCH3 is 1. The molecule has 0 N–H and O–H groups in total. The summed E-state index contributed by atoms with van der Waals surface area (Å²) >= 11 is 0. The van der Waals surface area contributed by atoms with E-state index in [-0.39, 0.29) is 0 Å². The number of carbonyl (C=O) groups excluding carboxylic acids is 1. The maximum atomic E-state index is 12.6. The highest BCUT2D eigenvalue weighted by Gasteiger charge is 2.31. The van der Waals surface area contributed by atoms with Crippen molar-refractivity contribution in [3.63, 3.8) is 0 Å². The molecule has 1 saturated heterocycles. The summed E-state index contributed by atoms with van der Waals surface area (Å²) in [5.74, 6) is 2.09. The van der Waals surface area contributed by atoms with Gasteiger partial charge in [-0.1, -0.05) is 31.4 Å². The summed E-state index contributed by atoms with van der Waals surface area (Å²) in [5.41, 5.74) is 1.33. The zero-order chi connectivity index (χ0) is 14.7. The summed E-state index contributed by atoms with van der Waals surface area (Å²) in [6.07, 6.45) is 7.05. The second-order valence-electron chi connectivity index (χ2n) is 6.38. The van der Waals surface area contributed by atoms with Gasteiger partial charge in [0.05, 0.1) is 7.11 Å². The second kappa shape index (κ2) is 6.50. The Bertz CT molecular complexity index is 476. The molecule has 1 atom stereocenters. The van der Waals surface area contributed by atoms with E-state index in [4.69, 9.17) is 4.74 Å². The molecular weight excluding hydrogens is 262 g/mol. The van der Waals surface area contributed by atoms with Crippen LogP contribution in [0.3, 0.4) is 0 Å². The standard InChI is InChI=1S/C18H25NO2/c1-21-17-9-7-14(8-10-17)16-11-12-19(13-16)18(20)15-5-3-2-4-6-15/h7-10,15-16H,2-6,11-13H2,1H3/t16-/m1/s1. The number of benzene rings is 1. The molecule has 0 radical (unpaired) electrons. The number of hydrogen-bond donors (Lipinski definition) is 0. The fourth-order valence-corrected chi connectivity index (χ4v) is 3.72. The van der Waals surface area contributed by atoms with Gasteiger partial charge in [0.15, 0.2) is 0 Å². The van der Waals surface area contributed by atoms with Gasteiger partial charge >= 0.3 is 0 Å². The predicted molar refractivity (Wildman–Crippen MR) is 83.5 cm³/mol. The summed E-state index contributed by atoms with van der Waals surface area (Å²) < 4.78 is 5.21. The van der Waals surface area contributed by atoms with Crippen LogP contribution in [0.15, 0.2) is 24.3 Å². The number of carbonyl (C=O) groups is 1. The first-order chi connectivity index (χ1) is 10.3. The van der Waals surface area contributed by atoms with Gasteiger partial charge in [-0.3, -0.25) is 4.79 Å². The molecule has 3 nitrogen and oxygen atoms in total. The molecule has 3 rings (SSSR count). The normalized spacial score (nSPS) is 23.3. The fourth-order valence-electron chi connectivity index (χ4n) is 3.72. The van der Waals surface area contributed by atoms with E-state index in [0.29, 0.717) is 17.7 Å². The minimum atomic E-state index is 0.299. The highest BCUT2D eigenvalue weighted by atomic mass is 16.5. The summed E-state index contributed by atoms with van der Waals surface area (Å²) in [5, 5.41) is 0. The number of likely N-dealkylation sites (tertiary alicyclic amines) is 1. The van der Waals surface area contributed by atoms with E-state index < -0.39 is 0 Å². The molecule has 0 unspecified atom stereocenters. The van der Waals surface area contributed by atoms with Crippen LogP contribution in [0.4, 0.5) is 0 Å². The SMILES string of the molecule is COc1ccc([C@@H]2CCN(C(=O)C3CCCCC3)C2)cc1. The number of hydrogen-bond acceptors (Lipinski definition) is 2. The van der Waals surface area contributed by atoms with Gasteiger partial charge in [-0.05, 0) is 37.0 Å². The molecule has 1 aromatic rings. The van der Waals surface area contributed by atoms with E-state index in [1.54, 1.807) is 7.11 Å². The van der Waals surface area contributed by atoms with Gasteiger partial charge in [-0.25, -0.2) is 0 Å². The Labute approximate surface area is 127 Å². The van der Waals surface area contributed by atoms with E-state index >= 15 is 0 Å². The van der Waals surface area contributed by atoms with E-state index in [0.717, 1.165) is 38.1 Å². The van der Waals surface area contributed by atoms with Crippen LogP contribution in [0.2, 0.25) is 0 Å². The van der Waals surface area contributed by atoms with Crippen molar-refractivity contribution >= 4 is 5.91 Å². The Morgan fingerprint density at radius 2 is 1.81 bits per heavy atom. The van der Waals surface area contributed by atoms with Gasteiger partial charge < -0.3 is 9.64 Å². The largest absolute Gasteiger partial charge is 0.497 e. The smallest absolute Gasteiger partial charge is 0.225 e. The van der Waals surface area contributed by atoms with Crippen LogP contribution in [0.5, 0.6) is 5.75 Å². The molecule has 0 spiro atoms. The first-order valence-electron chi connectivity index (χ1n) is 8.20. The lowest BCUT2D eigenvalue weighted by Gasteiger charge is -2.26. The third-order valence-corrected chi connectivity index (χ3v) is 5.04. The van der Waals surface area contributed by atoms with Crippen molar-refractivity contribution in [3.8, 4) is 5.75 Å². The number of amides is 1. The molecule has 2 aliphatic rings. The van der Waals surface area contributed by atoms with Gasteiger partial charge in [0.25, 0.3) is 0 Å². The highest BCUT2D eigenvalue weighted by molar-refractivity contribution is 5.79. The van der Waals surface area contributed by atoms with Gasteiger partial charge in [0.1, 0.15) is 5.75 Å². The van der Waals surface area contributed by atoms with Crippen molar-refractivity contribution in [2.45, 2.75) is 44.4 Å². The van der Waals surface area contributed by atoms with Gasteiger partial charge in [0, 0.05) is 24.9 Å². The van der Waals surface area contributed by atoms with Crippen LogP contribution >= 0.6 is 0 Å². The van der Waals surface area contributed by atoms with E-state index in [1.165, 1.54) is 24.8 Å². The molecule has 21 heavy (non-hydrogen) atoms. The van der Waals surface area contributed by atoms with Crippen LogP contribution in [-0.2, 0) is 4.79 Å². The summed E-state index contributed by atoms with van der Waals surface area (Å²) in [6.45, 7) is 1.81. The third kappa shape index (κ3) is 3.22. The van der Waals surface area contributed by atoms with Crippen LogP contribution in [0, 0.1) is 5.92 Å². The average molecular weight is 287 g/mol. The molecule has 1 saturated carbocycles. The van der Waals surface area contributed by atoms with Crippen molar-refractivity contribution in [2.24, 2.45) is 5.92 Å². The second-order valence-corrected chi connectivity index (χ2v) is 6.38. The number of ether oxygens (including phenoxy) is 1. The van der Waals surface area contributed by atoms with Gasteiger partial charge in [0.2, 0.25) is 5.91 Å². The zero-order valence-electron chi connectivity index (χ0n) is 12.9. The Hall–Kier alpha value is -1.51. The van der Waals surface area contributed by atoms with Gasteiger partial charge in [-0.15, -0.1) is 0 Å². The quantitative estimate of drug-likeness (QED) is 0.850. The lowest BCUT2D eigenvalue weighted by molar-refractivity contribution is -0.135. The maximum Gasteiger partial charge on any atom is 0.225 e. The molecule has 1 aliphatic carbocycles. The van der Waals surface area contributed by atoms with Gasteiger partial charge in [-0.2, -0.15) is 0 Å². The van der Waals surface area contributed by atoms with Crippen LogP contribution in [-0.4, -0.2) is 31.0 Å². The molecule has 1 aromatic carbocycles. The number of rotatable bonds is 3. The topological polar surface area (TPSA) is 29.5 Å². The minimum absolute atomic E-state index is 0.299. The van der Waals surface area contributed by atoms with Crippen LogP contribution < -0.4 is 4.74 Å². The van der Waals surface area contributed by atoms with Crippen molar-refractivity contribution in [3.05, 3.63) is 29.8 Å². The summed E-state index contributed by atoms with van der Waals surface area (Å²) in [4.78, 5) is 14.7. The lowest BCUT2D eigenvalue weighted by Crippen LogP contribution is -2.35. The van der Waals surface area contributed by atoms with Crippen LogP contribution in [0.1, 0.15) is 50.0 Å². The molecule has 1 aliphatic heterocycles. The van der Waals surface area contributed by atoms with E-state index in [1.807, 2.05) is 12.1 Å². The highest BCUT2D eigenvalue weighted by Crippen LogP contribution is 2.32. The lowest BCUT2D eigenvalue weighted by atomic mass is 9.88.